The number of carbonyl (C=O) groups is 2. The van der Waals surface area contributed by atoms with Crippen LogP contribution in [0, 0.1) is 11.8 Å². The molecule has 0 aromatic heterocycles. The summed E-state index contributed by atoms with van der Waals surface area (Å²) in [5, 5.41) is 3.01. The van der Waals surface area contributed by atoms with Gasteiger partial charge in [-0.1, -0.05) is 38.2 Å². The zero-order chi connectivity index (χ0) is 25.6. The Morgan fingerprint density at radius 2 is 1.74 bits per heavy atom. The molecular weight excluding hydrogens is 450 g/mol. The van der Waals surface area contributed by atoms with Crippen LogP contribution in [0.1, 0.15) is 71.3 Å². The molecule has 1 N–H and O–H groups in total. The van der Waals surface area contributed by atoms with Gasteiger partial charge in [0, 0.05) is 18.0 Å². The number of benzene rings is 1. The number of methoxy groups -OCH3 is 3. The summed E-state index contributed by atoms with van der Waals surface area (Å²) in [5.74, 6) is 1.45. The predicted octanol–water partition coefficient (Wildman–Crippen LogP) is 5.05. The Bertz CT molecular complexity index is 873. The van der Waals surface area contributed by atoms with Crippen molar-refractivity contribution in [1.82, 2.24) is 5.32 Å². The van der Waals surface area contributed by atoms with Crippen LogP contribution in [-0.2, 0) is 20.7 Å². The smallest absolute Gasteiger partial charge is 0.407 e. The van der Waals surface area contributed by atoms with Crippen LogP contribution in [0.4, 0.5) is 4.79 Å². The molecule has 0 radical (unpaired) electrons. The molecule has 1 saturated heterocycles. The maximum atomic E-state index is 13.0. The SMILES string of the molecule is COc1ccc(C[C@@H]2C[C@H]([C@H](CC3CCCCC3)NC(=O)OC(C)(C)C)C(=O)O2)c(OC)c1OC. The van der Waals surface area contributed by atoms with Crippen LogP contribution in [0.15, 0.2) is 12.1 Å². The van der Waals surface area contributed by atoms with E-state index in [1.807, 2.05) is 32.9 Å². The first-order chi connectivity index (χ1) is 16.6. The van der Waals surface area contributed by atoms with Gasteiger partial charge in [0.25, 0.3) is 0 Å². The molecule has 2 fully saturated rings. The highest BCUT2D eigenvalue weighted by atomic mass is 16.6. The second kappa shape index (κ2) is 11.9. The van der Waals surface area contributed by atoms with E-state index in [9.17, 15) is 9.59 Å². The number of alkyl carbamates (subject to hydrolysis) is 1. The number of hydrogen-bond acceptors (Lipinski definition) is 7. The fourth-order valence-corrected chi connectivity index (χ4v) is 5.27. The number of esters is 1. The lowest BCUT2D eigenvalue weighted by molar-refractivity contribution is -0.145. The van der Waals surface area contributed by atoms with Gasteiger partial charge in [0.1, 0.15) is 11.7 Å². The summed E-state index contributed by atoms with van der Waals surface area (Å²) >= 11 is 0. The van der Waals surface area contributed by atoms with Gasteiger partial charge in [0.15, 0.2) is 11.5 Å². The van der Waals surface area contributed by atoms with Gasteiger partial charge in [0.05, 0.1) is 27.2 Å². The monoisotopic (exact) mass is 491 g/mol. The van der Waals surface area contributed by atoms with Crippen molar-refractivity contribution >= 4 is 12.1 Å². The summed E-state index contributed by atoms with van der Waals surface area (Å²) in [6.45, 7) is 5.50. The average Bonchev–Trinajstić information content (AvgIpc) is 3.17. The Labute approximate surface area is 209 Å². The van der Waals surface area contributed by atoms with E-state index in [0.29, 0.717) is 36.0 Å². The van der Waals surface area contributed by atoms with E-state index in [1.54, 1.807) is 21.3 Å². The third-order valence-corrected chi connectivity index (χ3v) is 6.84. The lowest BCUT2D eigenvalue weighted by Gasteiger charge is -2.30. The summed E-state index contributed by atoms with van der Waals surface area (Å²) in [6, 6.07) is 3.40. The molecule has 1 saturated carbocycles. The van der Waals surface area contributed by atoms with E-state index in [4.69, 9.17) is 23.7 Å². The summed E-state index contributed by atoms with van der Waals surface area (Å²) in [6.07, 6.45) is 6.83. The molecule has 0 spiro atoms. The van der Waals surface area contributed by atoms with E-state index in [1.165, 1.54) is 19.3 Å². The summed E-state index contributed by atoms with van der Waals surface area (Å²) < 4.78 is 27.8. The lowest BCUT2D eigenvalue weighted by atomic mass is 9.81. The van der Waals surface area contributed by atoms with Crippen molar-refractivity contribution in [2.45, 2.75) is 89.9 Å². The Kier molecular flexibility index (Phi) is 9.14. The van der Waals surface area contributed by atoms with Gasteiger partial charge >= 0.3 is 12.1 Å². The van der Waals surface area contributed by atoms with Gasteiger partial charge in [-0.15, -0.1) is 0 Å². The molecule has 3 rings (SSSR count). The zero-order valence-electron chi connectivity index (χ0n) is 22.0. The molecule has 1 heterocycles. The molecule has 0 bridgehead atoms. The van der Waals surface area contributed by atoms with Crippen LogP contribution >= 0.6 is 0 Å². The largest absolute Gasteiger partial charge is 0.493 e. The number of nitrogens with one attached hydrogen (secondary N) is 1. The maximum absolute atomic E-state index is 13.0. The minimum absolute atomic E-state index is 0.272. The van der Waals surface area contributed by atoms with Gasteiger partial charge < -0.3 is 29.0 Å². The third-order valence-electron chi connectivity index (χ3n) is 6.84. The van der Waals surface area contributed by atoms with Crippen LogP contribution in [0.25, 0.3) is 0 Å². The van der Waals surface area contributed by atoms with E-state index in [2.05, 4.69) is 5.32 Å². The van der Waals surface area contributed by atoms with Crippen LogP contribution in [-0.4, -0.2) is 51.1 Å². The van der Waals surface area contributed by atoms with Crippen molar-refractivity contribution < 1.29 is 33.3 Å². The van der Waals surface area contributed by atoms with Crippen LogP contribution < -0.4 is 19.5 Å². The Morgan fingerprint density at radius 1 is 1.06 bits per heavy atom. The van der Waals surface area contributed by atoms with Crippen molar-refractivity contribution in [3.63, 3.8) is 0 Å². The van der Waals surface area contributed by atoms with Crippen LogP contribution in [0.5, 0.6) is 17.2 Å². The average molecular weight is 492 g/mol. The van der Waals surface area contributed by atoms with Crippen molar-refractivity contribution in [3.8, 4) is 17.2 Å². The van der Waals surface area contributed by atoms with Gasteiger partial charge in [-0.05, 0) is 45.6 Å². The fraction of sp³-hybridized carbons (Fsp3) is 0.704. The normalized spacial score (nSPS) is 21.7. The number of cyclic esters (lactones) is 1. The second-order valence-electron chi connectivity index (χ2n) is 10.6. The molecule has 8 nitrogen and oxygen atoms in total. The highest BCUT2D eigenvalue weighted by Gasteiger charge is 2.42. The summed E-state index contributed by atoms with van der Waals surface area (Å²) in [5.41, 5.74) is 0.259. The van der Waals surface area contributed by atoms with E-state index in [0.717, 1.165) is 24.8 Å². The number of amides is 1. The molecule has 1 aliphatic carbocycles. The molecule has 3 atom stereocenters. The first kappa shape index (κ1) is 27.0. The number of rotatable bonds is 9. The van der Waals surface area contributed by atoms with Crippen molar-refractivity contribution in [1.29, 1.82) is 0 Å². The zero-order valence-corrected chi connectivity index (χ0v) is 22.0. The summed E-state index contributed by atoms with van der Waals surface area (Å²) in [7, 11) is 4.72. The quantitative estimate of drug-likeness (QED) is 0.483. The van der Waals surface area contributed by atoms with Gasteiger partial charge in [0.2, 0.25) is 5.75 Å². The molecule has 8 heteroatoms. The van der Waals surface area contributed by atoms with Gasteiger partial charge in [-0.25, -0.2) is 4.79 Å². The van der Waals surface area contributed by atoms with Crippen molar-refractivity contribution in [2.24, 2.45) is 11.8 Å². The number of ether oxygens (including phenoxy) is 5. The first-order valence-corrected chi connectivity index (χ1v) is 12.6. The lowest BCUT2D eigenvalue weighted by Crippen LogP contribution is -2.45. The minimum Gasteiger partial charge on any atom is -0.493 e. The van der Waals surface area contributed by atoms with Crippen LogP contribution in [0.3, 0.4) is 0 Å². The Balaban J connectivity index is 1.75. The molecule has 196 valence electrons. The van der Waals surface area contributed by atoms with E-state index in [-0.39, 0.29) is 18.1 Å². The first-order valence-electron chi connectivity index (χ1n) is 12.6. The third kappa shape index (κ3) is 7.18. The molecule has 1 aromatic carbocycles. The van der Waals surface area contributed by atoms with Crippen molar-refractivity contribution in [3.05, 3.63) is 17.7 Å². The molecule has 35 heavy (non-hydrogen) atoms. The number of carbonyl (C=O) groups excluding carboxylic acids is 2. The maximum Gasteiger partial charge on any atom is 0.407 e. The van der Waals surface area contributed by atoms with E-state index < -0.39 is 17.6 Å². The van der Waals surface area contributed by atoms with E-state index >= 15 is 0 Å². The van der Waals surface area contributed by atoms with Gasteiger partial charge in [-0.2, -0.15) is 0 Å². The standard InChI is InChI=1S/C27H41NO7/c1-27(2,3)35-26(30)28-21(14-17-10-8-7-9-11-17)20-16-19(34-25(20)29)15-18-12-13-22(31-4)24(33-6)23(18)32-5/h12-13,17,19-21H,7-11,14-16H2,1-6H3,(H,28,30)/t19-,20-,21+/m1/s1. The molecule has 1 aromatic rings. The Morgan fingerprint density at radius 3 is 2.34 bits per heavy atom. The Hall–Kier alpha value is -2.64. The summed E-state index contributed by atoms with van der Waals surface area (Å²) in [4.78, 5) is 25.6. The molecule has 2 aliphatic rings. The molecule has 1 amide bonds. The molecule has 0 unspecified atom stereocenters. The minimum atomic E-state index is -0.609. The number of hydrogen-bond donors (Lipinski definition) is 1. The van der Waals surface area contributed by atoms with Crippen LogP contribution in [0.2, 0.25) is 0 Å². The topological polar surface area (TPSA) is 92.3 Å². The van der Waals surface area contributed by atoms with Crippen molar-refractivity contribution in [2.75, 3.05) is 21.3 Å². The predicted molar refractivity (Wildman–Crippen MR) is 132 cm³/mol. The second-order valence-corrected chi connectivity index (χ2v) is 10.6. The molecular formula is C27H41NO7. The highest BCUT2D eigenvalue weighted by molar-refractivity contribution is 5.77. The highest BCUT2D eigenvalue weighted by Crippen LogP contribution is 2.41. The van der Waals surface area contributed by atoms with Gasteiger partial charge in [-0.3, -0.25) is 4.79 Å². The fourth-order valence-electron chi connectivity index (χ4n) is 5.27. The molecule has 1 aliphatic heterocycles.